The summed E-state index contributed by atoms with van der Waals surface area (Å²) in [6.45, 7) is 2.10. The number of benzene rings is 1. The van der Waals surface area contributed by atoms with Crippen LogP contribution in [-0.2, 0) is 4.79 Å². The summed E-state index contributed by atoms with van der Waals surface area (Å²) in [4.78, 5) is 11.6. The highest BCUT2D eigenvalue weighted by Crippen LogP contribution is 2.07. The Balaban J connectivity index is 2.26. The molecule has 0 saturated heterocycles. The first-order valence-electron chi connectivity index (χ1n) is 5.83. The number of amides is 1. The van der Waals surface area contributed by atoms with Crippen LogP contribution in [0.15, 0.2) is 30.3 Å². The van der Waals surface area contributed by atoms with Crippen molar-refractivity contribution in [3.05, 3.63) is 30.3 Å². The molecule has 0 saturated carbocycles. The smallest absolute Gasteiger partial charge is 0.224 e. The van der Waals surface area contributed by atoms with E-state index >= 15 is 0 Å². The Kier molecular flexibility index (Phi) is 5.57. The van der Waals surface area contributed by atoms with Crippen molar-refractivity contribution >= 4 is 11.6 Å². The van der Waals surface area contributed by atoms with Crippen LogP contribution < -0.4 is 11.1 Å². The molecule has 1 rings (SSSR count). The number of carbonyl (C=O) groups is 1. The molecule has 3 N–H and O–H groups in total. The zero-order valence-electron chi connectivity index (χ0n) is 9.78. The topological polar surface area (TPSA) is 55.1 Å². The highest BCUT2D eigenvalue weighted by molar-refractivity contribution is 5.90. The van der Waals surface area contributed by atoms with E-state index in [-0.39, 0.29) is 11.9 Å². The molecule has 0 spiro atoms. The van der Waals surface area contributed by atoms with Crippen molar-refractivity contribution in [1.82, 2.24) is 0 Å². The van der Waals surface area contributed by atoms with Gasteiger partial charge in [-0.15, -0.1) is 0 Å². The Morgan fingerprint density at radius 2 is 2.00 bits per heavy atom. The summed E-state index contributed by atoms with van der Waals surface area (Å²) in [6, 6.07) is 9.63. The standard InChI is InChI=1S/C13H20N2O/c1-2-6-11(14)9-10-13(16)15-12-7-4-3-5-8-12/h3-5,7-8,11H,2,6,9-10,14H2,1H3,(H,15,16). The van der Waals surface area contributed by atoms with Crippen molar-refractivity contribution in [2.75, 3.05) is 5.32 Å². The molecule has 1 atom stereocenters. The molecule has 0 aliphatic heterocycles. The monoisotopic (exact) mass is 220 g/mol. The normalized spacial score (nSPS) is 12.1. The van der Waals surface area contributed by atoms with Gasteiger partial charge < -0.3 is 11.1 Å². The first-order valence-corrected chi connectivity index (χ1v) is 5.83. The lowest BCUT2D eigenvalue weighted by molar-refractivity contribution is -0.116. The lowest BCUT2D eigenvalue weighted by atomic mass is 10.1. The quantitative estimate of drug-likeness (QED) is 0.774. The number of nitrogens with one attached hydrogen (secondary N) is 1. The van der Waals surface area contributed by atoms with Crippen LogP contribution in [0.3, 0.4) is 0 Å². The van der Waals surface area contributed by atoms with E-state index in [1.165, 1.54) is 0 Å². The molecule has 0 aliphatic rings. The fourth-order valence-electron chi connectivity index (χ4n) is 1.58. The molecule has 88 valence electrons. The van der Waals surface area contributed by atoms with Crippen LogP contribution in [0.5, 0.6) is 0 Å². The van der Waals surface area contributed by atoms with Crippen molar-refractivity contribution in [3.8, 4) is 0 Å². The second kappa shape index (κ2) is 7.01. The Bertz CT molecular complexity index is 311. The molecule has 1 amide bonds. The number of carbonyl (C=O) groups excluding carboxylic acids is 1. The molecule has 3 nitrogen and oxygen atoms in total. The molecule has 0 radical (unpaired) electrons. The van der Waals surface area contributed by atoms with Gasteiger partial charge in [0, 0.05) is 18.2 Å². The van der Waals surface area contributed by atoms with E-state index in [1.54, 1.807) is 0 Å². The Hall–Kier alpha value is -1.35. The molecule has 0 fully saturated rings. The van der Waals surface area contributed by atoms with Gasteiger partial charge in [0.25, 0.3) is 0 Å². The third kappa shape index (κ3) is 4.94. The third-order valence-corrected chi connectivity index (χ3v) is 2.46. The summed E-state index contributed by atoms with van der Waals surface area (Å²) < 4.78 is 0. The average Bonchev–Trinajstić information content (AvgIpc) is 2.28. The SMILES string of the molecule is CCCC(N)CCC(=O)Nc1ccccc1. The lowest BCUT2D eigenvalue weighted by Gasteiger charge is -2.10. The van der Waals surface area contributed by atoms with Crippen LogP contribution in [0.2, 0.25) is 0 Å². The molecule has 0 heterocycles. The van der Waals surface area contributed by atoms with E-state index < -0.39 is 0 Å². The van der Waals surface area contributed by atoms with Crippen LogP contribution in [0.4, 0.5) is 5.69 Å². The van der Waals surface area contributed by atoms with Crippen LogP contribution >= 0.6 is 0 Å². The summed E-state index contributed by atoms with van der Waals surface area (Å²) in [5.41, 5.74) is 6.69. The van der Waals surface area contributed by atoms with Gasteiger partial charge in [0.15, 0.2) is 0 Å². The van der Waals surface area contributed by atoms with Crippen LogP contribution in [0, 0.1) is 0 Å². The van der Waals surface area contributed by atoms with Gasteiger partial charge in [-0.2, -0.15) is 0 Å². The van der Waals surface area contributed by atoms with E-state index in [2.05, 4.69) is 12.2 Å². The molecule has 0 bridgehead atoms. The van der Waals surface area contributed by atoms with Gasteiger partial charge in [-0.1, -0.05) is 31.5 Å². The fraction of sp³-hybridized carbons (Fsp3) is 0.462. The van der Waals surface area contributed by atoms with E-state index in [0.29, 0.717) is 6.42 Å². The van der Waals surface area contributed by atoms with Crippen LogP contribution in [0.25, 0.3) is 0 Å². The van der Waals surface area contributed by atoms with Gasteiger partial charge in [-0.05, 0) is 25.0 Å². The van der Waals surface area contributed by atoms with Crippen molar-refractivity contribution < 1.29 is 4.79 Å². The van der Waals surface area contributed by atoms with Crippen molar-refractivity contribution in [3.63, 3.8) is 0 Å². The maximum absolute atomic E-state index is 11.6. The second-order valence-corrected chi connectivity index (χ2v) is 4.00. The van der Waals surface area contributed by atoms with Crippen LogP contribution in [-0.4, -0.2) is 11.9 Å². The van der Waals surface area contributed by atoms with Gasteiger partial charge in [-0.3, -0.25) is 4.79 Å². The summed E-state index contributed by atoms with van der Waals surface area (Å²) in [6.07, 6.45) is 3.31. The van der Waals surface area contributed by atoms with Gasteiger partial charge >= 0.3 is 0 Å². The third-order valence-electron chi connectivity index (χ3n) is 2.46. The first-order chi connectivity index (χ1) is 7.72. The molecule has 3 heteroatoms. The Labute approximate surface area is 97.0 Å². The molecule has 1 aromatic carbocycles. The summed E-state index contributed by atoms with van der Waals surface area (Å²) in [5.74, 6) is 0.0396. The van der Waals surface area contributed by atoms with Gasteiger partial charge in [-0.25, -0.2) is 0 Å². The fourth-order valence-corrected chi connectivity index (χ4v) is 1.58. The van der Waals surface area contributed by atoms with E-state index in [9.17, 15) is 4.79 Å². The Morgan fingerprint density at radius 1 is 1.31 bits per heavy atom. The number of hydrogen-bond donors (Lipinski definition) is 2. The highest BCUT2D eigenvalue weighted by atomic mass is 16.1. The van der Waals surface area contributed by atoms with Gasteiger partial charge in [0.2, 0.25) is 5.91 Å². The maximum atomic E-state index is 11.6. The number of para-hydroxylation sites is 1. The zero-order valence-corrected chi connectivity index (χ0v) is 9.78. The molecule has 1 unspecified atom stereocenters. The predicted octanol–water partition coefficient (Wildman–Crippen LogP) is 2.53. The van der Waals surface area contributed by atoms with Gasteiger partial charge in [0.1, 0.15) is 0 Å². The first kappa shape index (κ1) is 12.7. The lowest BCUT2D eigenvalue weighted by Crippen LogP contribution is -2.22. The molecule has 0 aromatic heterocycles. The van der Waals surface area contributed by atoms with E-state index in [1.807, 2.05) is 30.3 Å². The Morgan fingerprint density at radius 3 is 2.62 bits per heavy atom. The minimum Gasteiger partial charge on any atom is -0.328 e. The highest BCUT2D eigenvalue weighted by Gasteiger charge is 2.06. The summed E-state index contributed by atoms with van der Waals surface area (Å²) >= 11 is 0. The average molecular weight is 220 g/mol. The zero-order chi connectivity index (χ0) is 11.8. The minimum absolute atomic E-state index is 0.0396. The summed E-state index contributed by atoms with van der Waals surface area (Å²) in [5, 5.41) is 2.84. The van der Waals surface area contributed by atoms with E-state index in [4.69, 9.17) is 5.73 Å². The number of nitrogens with two attached hydrogens (primary N) is 1. The molecular formula is C13H20N2O. The maximum Gasteiger partial charge on any atom is 0.224 e. The van der Waals surface area contributed by atoms with E-state index in [0.717, 1.165) is 24.9 Å². The van der Waals surface area contributed by atoms with Crippen molar-refractivity contribution in [2.45, 2.75) is 38.6 Å². The largest absolute Gasteiger partial charge is 0.328 e. The number of anilines is 1. The van der Waals surface area contributed by atoms with Crippen molar-refractivity contribution in [2.24, 2.45) is 5.73 Å². The number of hydrogen-bond acceptors (Lipinski definition) is 2. The predicted molar refractivity (Wildman–Crippen MR) is 67.2 cm³/mol. The molecule has 1 aromatic rings. The van der Waals surface area contributed by atoms with Crippen LogP contribution in [0.1, 0.15) is 32.6 Å². The minimum atomic E-state index is 0.0396. The molecular weight excluding hydrogens is 200 g/mol. The molecule has 0 aliphatic carbocycles. The number of rotatable bonds is 6. The molecule has 16 heavy (non-hydrogen) atoms. The van der Waals surface area contributed by atoms with Crippen molar-refractivity contribution in [1.29, 1.82) is 0 Å². The van der Waals surface area contributed by atoms with Gasteiger partial charge in [0.05, 0.1) is 0 Å². The second-order valence-electron chi connectivity index (χ2n) is 4.00. The summed E-state index contributed by atoms with van der Waals surface area (Å²) in [7, 11) is 0.